The lowest BCUT2D eigenvalue weighted by Gasteiger charge is -2.29. The SMILES string of the molecule is Cc1cc(OC(C)C)nc(NC2(C)CCOC2C)n1. The fourth-order valence-electron chi connectivity index (χ4n) is 2.15. The Hall–Kier alpha value is -1.36. The Morgan fingerprint density at radius 3 is 2.79 bits per heavy atom. The van der Waals surface area contributed by atoms with E-state index in [9.17, 15) is 0 Å². The third-order valence-electron chi connectivity index (χ3n) is 3.47. The molecule has 0 amide bonds. The zero-order valence-corrected chi connectivity index (χ0v) is 12.4. The van der Waals surface area contributed by atoms with Crippen molar-refractivity contribution in [3.05, 3.63) is 11.8 Å². The zero-order valence-electron chi connectivity index (χ0n) is 12.4. The van der Waals surface area contributed by atoms with Gasteiger partial charge >= 0.3 is 0 Å². The summed E-state index contributed by atoms with van der Waals surface area (Å²) < 4.78 is 11.3. The summed E-state index contributed by atoms with van der Waals surface area (Å²) in [6.07, 6.45) is 1.20. The second-order valence-electron chi connectivity index (χ2n) is 5.64. The number of rotatable bonds is 4. The van der Waals surface area contributed by atoms with E-state index in [1.807, 2.05) is 26.8 Å². The van der Waals surface area contributed by atoms with Crippen LogP contribution >= 0.6 is 0 Å². The van der Waals surface area contributed by atoms with Gasteiger partial charge < -0.3 is 14.8 Å². The highest BCUT2D eigenvalue weighted by molar-refractivity contribution is 5.34. The molecular weight excluding hydrogens is 242 g/mol. The van der Waals surface area contributed by atoms with Gasteiger partial charge in [0.25, 0.3) is 0 Å². The van der Waals surface area contributed by atoms with E-state index in [0.717, 1.165) is 18.7 Å². The summed E-state index contributed by atoms with van der Waals surface area (Å²) in [6, 6.07) is 1.85. The van der Waals surface area contributed by atoms with Crippen LogP contribution in [0.3, 0.4) is 0 Å². The van der Waals surface area contributed by atoms with Gasteiger partial charge in [0, 0.05) is 18.4 Å². The molecule has 0 aromatic carbocycles. The molecule has 1 aliphatic rings. The Balaban J connectivity index is 2.18. The normalized spacial score (nSPS) is 26.7. The van der Waals surface area contributed by atoms with Crippen molar-refractivity contribution < 1.29 is 9.47 Å². The molecule has 0 spiro atoms. The van der Waals surface area contributed by atoms with Gasteiger partial charge in [-0.1, -0.05) is 0 Å². The van der Waals surface area contributed by atoms with Crippen LogP contribution < -0.4 is 10.1 Å². The van der Waals surface area contributed by atoms with Crippen molar-refractivity contribution in [2.24, 2.45) is 0 Å². The van der Waals surface area contributed by atoms with Gasteiger partial charge in [-0.2, -0.15) is 4.98 Å². The van der Waals surface area contributed by atoms with E-state index < -0.39 is 0 Å². The van der Waals surface area contributed by atoms with Gasteiger partial charge in [0.2, 0.25) is 11.8 Å². The standard InChI is InChI=1S/C14H23N3O2/c1-9(2)19-12-8-10(3)15-13(16-12)17-14(5)6-7-18-11(14)4/h8-9,11H,6-7H2,1-5H3,(H,15,16,17). The van der Waals surface area contributed by atoms with E-state index >= 15 is 0 Å². The Labute approximate surface area is 114 Å². The van der Waals surface area contributed by atoms with Gasteiger partial charge in [-0.25, -0.2) is 4.98 Å². The number of anilines is 1. The average Bonchev–Trinajstić information content (AvgIpc) is 2.56. The summed E-state index contributed by atoms with van der Waals surface area (Å²) >= 11 is 0. The van der Waals surface area contributed by atoms with Crippen LogP contribution in [0.1, 0.15) is 39.8 Å². The summed E-state index contributed by atoms with van der Waals surface area (Å²) in [5.74, 6) is 1.22. The lowest BCUT2D eigenvalue weighted by Crippen LogP contribution is -2.41. The van der Waals surface area contributed by atoms with Crippen molar-refractivity contribution in [1.29, 1.82) is 0 Å². The van der Waals surface area contributed by atoms with Crippen LogP contribution in [0.4, 0.5) is 5.95 Å². The number of nitrogens with zero attached hydrogens (tertiary/aromatic N) is 2. The number of aromatic nitrogens is 2. The van der Waals surface area contributed by atoms with Gasteiger partial charge in [0.05, 0.1) is 17.7 Å². The molecule has 1 N–H and O–H groups in total. The highest BCUT2D eigenvalue weighted by atomic mass is 16.5. The molecular formula is C14H23N3O2. The highest BCUT2D eigenvalue weighted by Gasteiger charge is 2.37. The van der Waals surface area contributed by atoms with E-state index in [2.05, 4.69) is 29.1 Å². The molecule has 0 aliphatic carbocycles. The Morgan fingerprint density at radius 2 is 2.21 bits per heavy atom. The van der Waals surface area contributed by atoms with Crippen LogP contribution in [-0.2, 0) is 4.74 Å². The quantitative estimate of drug-likeness (QED) is 0.906. The van der Waals surface area contributed by atoms with E-state index in [0.29, 0.717) is 11.8 Å². The van der Waals surface area contributed by atoms with E-state index in [1.165, 1.54) is 0 Å². The molecule has 1 aliphatic heterocycles. The molecule has 0 radical (unpaired) electrons. The molecule has 0 saturated carbocycles. The molecule has 0 bridgehead atoms. The van der Waals surface area contributed by atoms with Crippen LogP contribution in [0.15, 0.2) is 6.07 Å². The lowest BCUT2D eigenvalue weighted by molar-refractivity contribution is 0.105. The van der Waals surface area contributed by atoms with Gasteiger partial charge in [0.15, 0.2) is 0 Å². The number of hydrogen-bond donors (Lipinski definition) is 1. The first-order chi connectivity index (χ1) is 8.89. The molecule has 5 heteroatoms. The minimum absolute atomic E-state index is 0.103. The smallest absolute Gasteiger partial charge is 0.226 e. The minimum Gasteiger partial charge on any atom is -0.475 e. The summed E-state index contributed by atoms with van der Waals surface area (Å²) in [5.41, 5.74) is 0.770. The first-order valence-corrected chi connectivity index (χ1v) is 6.81. The Bertz CT molecular complexity index is 450. The molecule has 2 atom stereocenters. The van der Waals surface area contributed by atoms with Gasteiger partial charge in [0.1, 0.15) is 0 Å². The minimum atomic E-state index is -0.122. The van der Waals surface area contributed by atoms with Crippen LogP contribution in [-0.4, -0.2) is 34.3 Å². The third-order valence-corrected chi connectivity index (χ3v) is 3.47. The second kappa shape index (κ2) is 5.33. The van der Waals surface area contributed by atoms with Crippen LogP contribution in [0.5, 0.6) is 5.88 Å². The first-order valence-electron chi connectivity index (χ1n) is 6.81. The maximum Gasteiger partial charge on any atom is 0.226 e. The molecule has 1 saturated heterocycles. The lowest BCUT2D eigenvalue weighted by atomic mass is 9.95. The highest BCUT2D eigenvalue weighted by Crippen LogP contribution is 2.29. The molecule has 5 nitrogen and oxygen atoms in total. The molecule has 2 heterocycles. The first kappa shape index (κ1) is 14.1. The number of aryl methyl sites for hydroxylation is 1. The zero-order chi connectivity index (χ0) is 14.0. The van der Waals surface area contributed by atoms with Crippen molar-refractivity contribution in [2.45, 2.75) is 58.8 Å². The molecule has 106 valence electrons. The monoisotopic (exact) mass is 265 g/mol. The summed E-state index contributed by atoms with van der Waals surface area (Å²) in [5, 5.41) is 3.39. The van der Waals surface area contributed by atoms with Crippen molar-refractivity contribution in [3.63, 3.8) is 0 Å². The maximum absolute atomic E-state index is 5.64. The molecule has 1 aromatic heterocycles. The maximum atomic E-state index is 5.64. The van der Waals surface area contributed by atoms with Gasteiger partial charge in [-0.15, -0.1) is 0 Å². The Morgan fingerprint density at radius 1 is 1.47 bits per heavy atom. The number of nitrogens with one attached hydrogen (secondary N) is 1. The molecule has 2 unspecified atom stereocenters. The molecule has 2 rings (SSSR count). The van der Waals surface area contributed by atoms with Crippen LogP contribution in [0.2, 0.25) is 0 Å². The van der Waals surface area contributed by atoms with Crippen LogP contribution in [0, 0.1) is 6.92 Å². The van der Waals surface area contributed by atoms with Gasteiger partial charge in [-0.3, -0.25) is 0 Å². The van der Waals surface area contributed by atoms with E-state index in [1.54, 1.807) is 0 Å². The molecule has 1 aromatic rings. The van der Waals surface area contributed by atoms with E-state index in [-0.39, 0.29) is 17.7 Å². The Kier molecular flexibility index (Phi) is 3.94. The predicted molar refractivity (Wildman–Crippen MR) is 74.6 cm³/mol. The largest absolute Gasteiger partial charge is 0.475 e. The van der Waals surface area contributed by atoms with Crippen molar-refractivity contribution in [1.82, 2.24) is 9.97 Å². The van der Waals surface area contributed by atoms with E-state index in [4.69, 9.17) is 9.47 Å². The van der Waals surface area contributed by atoms with Crippen LogP contribution in [0.25, 0.3) is 0 Å². The van der Waals surface area contributed by atoms with Crippen molar-refractivity contribution >= 4 is 5.95 Å². The summed E-state index contributed by atoms with van der Waals surface area (Å²) in [4.78, 5) is 8.84. The third kappa shape index (κ3) is 3.35. The topological polar surface area (TPSA) is 56.3 Å². The summed E-state index contributed by atoms with van der Waals surface area (Å²) in [7, 11) is 0. The van der Waals surface area contributed by atoms with Crippen molar-refractivity contribution in [3.8, 4) is 5.88 Å². The van der Waals surface area contributed by atoms with Crippen molar-refractivity contribution in [2.75, 3.05) is 11.9 Å². The predicted octanol–water partition coefficient (Wildman–Crippen LogP) is 2.55. The fraction of sp³-hybridized carbons (Fsp3) is 0.714. The molecule has 1 fully saturated rings. The van der Waals surface area contributed by atoms with Gasteiger partial charge in [-0.05, 0) is 41.0 Å². The molecule has 19 heavy (non-hydrogen) atoms. The number of hydrogen-bond acceptors (Lipinski definition) is 5. The number of ether oxygens (including phenoxy) is 2. The second-order valence-corrected chi connectivity index (χ2v) is 5.64. The fourth-order valence-corrected chi connectivity index (χ4v) is 2.15. The summed E-state index contributed by atoms with van der Waals surface area (Å²) in [6.45, 7) is 10.9. The average molecular weight is 265 g/mol.